The molecular weight excluding hydrogens is 324 g/mol. The Kier molecular flexibility index (Phi) is 6.85. The Balaban J connectivity index is 1.98. The van der Waals surface area contributed by atoms with Crippen molar-refractivity contribution in [1.29, 1.82) is 0 Å². The molecule has 0 heterocycles. The van der Waals surface area contributed by atoms with Crippen LogP contribution in [0.3, 0.4) is 0 Å². The molecule has 1 aliphatic rings. The zero-order valence-corrected chi connectivity index (χ0v) is 15.4. The average Bonchev–Trinajstić information content (AvgIpc) is 2.54. The highest BCUT2D eigenvalue weighted by Crippen LogP contribution is 2.29. The summed E-state index contributed by atoms with van der Waals surface area (Å²) in [6.07, 6.45) is 8.49. The second-order valence-electron chi connectivity index (χ2n) is 7.02. The Morgan fingerprint density at radius 1 is 1.17 bits per heavy atom. The Hall–Kier alpha value is -1.35. The summed E-state index contributed by atoms with van der Waals surface area (Å²) in [7, 11) is 0. The minimum atomic E-state index is -1.83. The van der Waals surface area contributed by atoms with Gasteiger partial charge >= 0.3 is 11.4 Å². The van der Waals surface area contributed by atoms with Gasteiger partial charge in [-0.15, -0.1) is 6.42 Å². The quantitative estimate of drug-likeness (QED) is 0.730. The maximum Gasteiger partial charge on any atom is 0.305 e. The van der Waals surface area contributed by atoms with Crippen LogP contribution in [0.25, 0.3) is 0 Å². The summed E-state index contributed by atoms with van der Waals surface area (Å²) < 4.78 is 28.2. The molecule has 0 unspecified atom stereocenters. The van der Waals surface area contributed by atoms with E-state index in [0.29, 0.717) is 0 Å². The third kappa shape index (κ3) is 5.62. The second-order valence-corrected chi connectivity index (χ2v) is 7.86. The van der Waals surface area contributed by atoms with E-state index < -0.39 is 11.4 Å². The summed E-state index contributed by atoms with van der Waals surface area (Å²) >= 11 is -1.83. The number of benzene rings is 1. The number of terminal acetylenes is 1. The molecule has 0 saturated heterocycles. The van der Waals surface area contributed by atoms with Gasteiger partial charge in [-0.05, 0) is 42.4 Å². The van der Waals surface area contributed by atoms with Gasteiger partial charge in [0.15, 0.2) is 0 Å². The molecule has 1 aliphatic carbocycles. The molecule has 2 rings (SSSR count). The largest absolute Gasteiger partial charge is 0.488 e. The first kappa shape index (κ1) is 19.0. The van der Waals surface area contributed by atoms with Crippen LogP contribution in [-0.4, -0.2) is 23.0 Å². The number of ether oxygens (including phenoxy) is 1. The van der Waals surface area contributed by atoms with Crippen molar-refractivity contribution in [1.82, 2.24) is 0 Å². The van der Waals surface area contributed by atoms with Gasteiger partial charge in [0.25, 0.3) is 0 Å². The van der Waals surface area contributed by atoms with Crippen molar-refractivity contribution >= 4 is 11.4 Å². The van der Waals surface area contributed by atoms with Crippen molar-refractivity contribution in [3.05, 3.63) is 29.8 Å². The summed E-state index contributed by atoms with van der Waals surface area (Å²) in [5.74, 6) is 3.08. The first-order valence-corrected chi connectivity index (χ1v) is 9.33. The normalized spacial score (nSPS) is 22.6. The highest BCUT2D eigenvalue weighted by atomic mass is 32.2. The lowest BCUT2D eigenvalue weighted by atomic mass is 9.87. The Bertz CT molecular complexity index is 583. The van der Waals surface area contributed by atoms with Gasteiger partial charge in [-0.1, -0.05) is 45.2 Å². The van der Waals surface area contributed by atoms with Gasteiger partial charge in [0.1, 0.15) is 24.6 Å². The van der Waals surface area contributed by atoms with E-state index in [1.54, 1.807) is 0 Å². The zero-order valence-electron chi connectivity index (χ0n) is 14.6. The lowest BCUT2D eigenvalue weighted by molar-refractivity contribution is 0.0239. The molecule has 3 atom stereocenters. The standard InChI is InChI=1S/C19H26O4S/c1-5-14-21-24(20)23-18-9-7-6-8-17(18)22-16-12-10-15(11-13-16)19(2,3)4/h1,10-13,17-18H,6-9,14H2,2-4H3/t17-,18+,24+/m0/s1. The van der Waals surface area contributed by atoms with Gasteiger partial charge in [0.2, 0.25) is 0 Å². The molecule has 0 radical (unpaired) electrons. The van der Waals surface area contributed by atoms with Gasteiger partial charge in [0.05, 0.1) is 0 Å². The minimum Gasteiger partial charge on any atom is -0.488 e. The van der Waals surface area contributed by atoms with E-state index in [2.05, 4.69) is 38.8 Å². The molecule has 0 aliphatic heterocycles. The van der Waals surface area contributed by atoms with Crippen molar-refractivity contribution in [3.63, 3.8) is 0 Å². The summed E-state index contributed by atoms with van der Waals surface area (Å²) in [6, 6.07) is 8.14. The molecule has 0 N–H and O–H groups in total. The molecular formula is C19H26O4S. The maximum atomic E-state index is 11.7. The molecule has 1 aromatic carbocycles. The predicted octanol–water partition coefficient (Wildman–Crippen LogP) is 3.92. The van der Waals surface area contributed by atoms with Crippen molar-refractivity contribution in [2.24, 2.45) is 0 Å². The van der Waals surface area contributed by atoms with E-state index in [-0.39, 0.29) is 24.2 Å². The Morgan fingerprint density at radius 3 is 2.38 bits per heavy atom. The Labute approximate surface area is 147 Å². The topological polar surface area (TPSA) is 44.8 Å². The molecule has 1 saturated carbocycles. The van der Waals surface area contributed by atoms with Crippen molar-refractivity contribution in [2.45, 2.75) is 64.1 Å². The van der Waals surface area contributed by atoms with Gasteiger partial charge in [-0.25, -0.2) is 0 Å². The fourth-order valence-corrected chi connectivity index (χ4v) is 3.37. The van der Waals surface area contributed by atoms with E-state index in [1.165, 1.54) is 5.56 Å². The second kappa shape index (κ2) is 8.66. The first-order valence-electron chi connectivity index (χ1n) is 8.33. The van der Waals surface area contributed by atoms with E-state index >= 15 is 0 Å². The fraction of sp³-hybridized carbons (Fsp3) is 0.579. The summed E-state index contributed by atoms with van der Waals surface area (Å²) in [5.41, 5.74) is 1.37. The van der Waals surface area contributed by atoms with Gasteiger partial charge in [0, 0.05) is 0 Å². The van der Waals surface area contributed by atoms with Crippen LogP contribution in [0.5, 0.6) is 5.75 Å². The lowest BCUT2D eigenvalue weighted by Crippen LogP contribution is -2.37. The molecule has 1 aromatic rings. The van der Waals surface area contributed by atoms with Crippen LogP contribution in [0.2, 0.25) is 0 Å². The molecule has 132 valence electrons. The molecule has 5 heteroatoms. The number of hydrogen-bond acceptors (Lipinski definition) is 4. The Morgan fingerprint density at radius 2 is 1.79 bits per heavy atom. The average molecular weight is 350 g/mol. The predicted molar refractivity (Wildman–Crippen MR) is 95.8 cm³/mol. The van der Waals surface area contributed by atoms with Crippen LogP contribution in [0.1, 0.15) is 52.0 Å². The van der Waals surface area contributed by atoms with E-state index in [9.17, 15) is 4.21 Å². The van der Waals surface area contributed by atoms with Crippen LogP contribution in [0.15, 0.2) is 24.3 Å². The smallest absolute Gasteiger partial charge is 0.305 e. The van der Waals surface area contributed by atoms with Crippen LogP contribution in [0.4, 0.5) is 0 Å². The molecule has 4 nitrogen and oxygen atoms in total. The maximum absolute atomic E-state index is 11.7. The van der Waals surface area contributed by atoms with E-state index in [1.807, 2.05) is 12.1 Å². The third-order valence-corrected chi connectivity index (χ3v) is 4.81. The van der Waals surface area contributed by atoms with E-state index in [4.69, 9.17) is 19.5 Å². The van der Waals surface area contributed by atoms with Gasteiger partial charge < -0.3 is 4.74 Å². The minimum absolute atomic E-state index is 0.0287. The van der Waals surface area contributed by atoms with Crippen LogP contribution in [0, 0.1) is 12.3 Å². The SMILES string of the molecule is C#CCO[S@@](=O)O[C@@H]1CCCC[C@@H]1Oc1ccc(C(C)(C)C)cc1. The molecule has 24 heavy (non-hydrogen) atoms. The van der Waals surface area contributed by atoms with E-state index in [0.717, 1.165) is 31.4 Å². The lowest BCUT2D eigenvalue weighted by Gasteiger charge is -2.30. The molecule has 0 bridgehead atoms. The van der Waals surface area contributed by atoms with Crippen molar-refractivity contribution < 1.29 is 17.3 Å². The monoisotopic (exact) mass is 350 g/mol. The molecule has 1 fully saturated rings. The number of rotatable bonds is 6. The van der Waals surface area contributed by atoms with Gasteiger partial charge in [-0.3, -0.25) is 8.37 Å². The molecule has 0 amide bonds. The van der Waals surface area contributed by atoms with Crippen LogP contribution >= 0.6 is 0 Å². The van der Waals surface area contributed by atoms with Gasteiger partial charge in [-0.2, -0.15) is 4.21 Å². The van der Waals surface area contributed by atoms with Crippen LogP contribution in [-0.2, 0) is 25.1 Å². The van der Waals surface area contributed by atoms with Crippen molar-refractivity contribution in [2.75, 3.05) is 6.61 Å². The summed E-state index contributed by atoms with van der Waals surface area (Å²) in [4.78, 5) is 0. The molecule has 0 spiro atoms. The number of hydrogen-bond donors (Lipinski definition) is 0. The summed E-state index contributed by atoms with van der Waals surface area (Å²) in [5, 5.41) is 0. The summed E-state index contributed by atoms with van der Waals surface area (Å²) in [6.45, 7) is 6.51. The zero-order chi connectivity index (χ0) is 17.6. The van der Waals surface area contributed by atoms with Crippen molar-refractivity contribution in [3.8, 4) is 18.1 Å². The van der Waals surface area contributed by atoms with Crippen LogP contribution < -0.4 is 4.74 Å². The fourth-order valence-electron chi connectivity index (χ4n) is 2.73. The highest BCUT2D eigenvalue weighted by Gasteiger charge is 2.30. The first-order chi connectivity index (χ1) is 11.4. The molecule has 0 aromatic heterocycles. The third-order valence-electron chi connectivity index (χ3n) is 4.09. The highest BCUT2D eigenvalue weighted by molar-refractivity contribution is 7.75.